The molecule has 0 unspecified atom stereocenters. The third kappa shape index (κ3) is 3.39. The molecule has 3 aromatic carbocycles. The highest BCUT2D eigenvalue weighted by Gasteiger charge is 2.11. The van der Waals surface area contributed by atoms with E-state index in [0.29, 0.717) is 5.75 Å². The van der Waals surface area contributed by atoms with Crippen molar-refractivity contribution in [2.75, 3.05) is 0 Å². The van der Waals surface area contributed by atoms with Crippen molar-refractivity contribution in [1.82, 2.24) is 10.2 Å². The van der Waals surface area contributed by atoms with Crippen molar-refractivity contribution in [3.63, 3.8) is 0 Å². The molecule has 0 saturated carbocycles. The number of hydrogen-bond acceptors (Lipinski definition) is 3. The zero-order valence-corrected chi connectivity index (χ0v) is 14.2. The van der Waals surface area contributed by atoms with Crippen molar-refractivity contribution in [2.24, 2.45) is 0 Å². The summed E-state index contributed by atoms with van der Waals surface area (Å²) in [5, 5.41) is 11.9. The first-order chi connectivity index (χ1) is 12.3. The lowest BCUT2D eigenvalue weighted by molar-refractivity contribution is 0.626. The molecule has 0 spiro atoms. The van der Waals surface area contributed by atoms with Crippen LogP contribution in [0.1, 0.15) is 5.56 Å². The van der Waals surface area contributed by atoms with Crippen LogP contribution >= 0.6 is 11.8 Å². The molecule has 122 valence electrons. The lowest BCUT2D eigenvalue weighted by Crippen LogP contribution is -1.94. The summed E-state index contributed by atoms with van der Waals surface area (Å²) in [4.78, 5) is 0. The van der Waals surface area contributed by atoms with Crippen LogP contribution in [0.25, 0.3) is 22.0 Å². The van der Waals surface area contributed by atoms with E-state index in [2.05, 4.69) is 22.3 Å². The number of thioether (sulfide) groups is 1. The monoisotopic (exact) mass is 346 g/mol. The molecule has 0 bridgehead atoms. The maximum absolute atomic E-state index is 13.3. The van der Waals surface area contributed by atoms with Crippen LogP contribution in [0.2, 0.25) is 0 Å². The van der Waals surface area contributed by atoms with E-state index in [4.69, 9.17) is 0 Å². The van der Waals surface area contributed by atoms with Crippen LogP contribution in [0.15, 0.2) is 83.9 Å². The molecule has 2 nitrogen and oxygen atoms in total. The van der Waals surface area contributed by atoms with Crippen molar-refractivity contribution >= 4 is 22.5 Å². The lowest BCUT2D eigenvalue weighted by Gasteiger charge is -2.09. The summed E-state index contributed by atoms with van der Waals surface area (Å²) in [6.07, 6.45) is 0. The third-order valence-corrected chi connectivity index (χ3v) is 5.02. The molecule has 1 aromatic heterocycles. The normalized spacial score (nSPS) is 10.9. The summed E-state index contributed by atoms with van der Waals surface area (Å²) < 4.78 is 13.3. The molecule has 0 aliphatic heterocycles. The Balaban J connectivity index is 1.71. The molecule has 0 aliphatic rings. The fourth-order valence-electron chi connectivity index (χ4n) is 2.77. The van der Waals surface area contributed by atoms with Crippen LogP contribution < -0.4 is 0 Å². The van der Waals surface area contributed by atoms with E-state index in [-0.39, 0.29) is 5.82 Å². The summed E-state index contributed by atoms with van der Waals surface area (Å²) in [7, 11) is 0. The minimum Gasteiger partial charge on any atom is -0.207 e. The smallest absolute Gasteiger partial charge is 0.127 e. The zero-order chi connectivity index (χ0) is 17.1. The lowest BCUT2D eigenvalue weighted by atomic mass is 10.1. The van der Waals surface area contributed by atoms with Crippen molar-refractivity contribution in [2.45, 2.75) is 10.8 Å². The van der Waals surface area contributed by atoms with Gasteiger partial charge in [-0.15, -0.1) is 10.2 Å². The van der Waals surface area contributed by atoms with Crippen LogP contribution in [0.3, 0.4) is 0 Å². The Bertz CT molecular complexity index is 1020. The van der Waals surface area contributed by atoms with Gasteiger partial charge < -0.3 is 0 Å². The molecule has 1 heterocycles. The molecule has 0 atom stereocenters. The number of hydrogen-bond donors (Lipinski definition) is 0. The highest BCUT2D eigenvalue weighted by Crippen LogP contribution is 2.32. The van der Waals surface area contributed by atoms with E-state index in [1.807, 2.05) is 48.5 Å². The van der Waals surface area contributed by atoms with E-state index in [1.165, 1.54) is 6.07 Å². The average molecular weight is 346 g/mol. The van der Waals surface area contributed by atoms with Crippen LogP contribution in [-0.2, 0) is 5.75 Å². The summed E-state index contributed by atoms with van der Waals surface area (Å²) >= 11 is 1.58. The van der Waals surface area contributed by atoms with Gasteiger partial charge in [-0.1, -0.05) is 78.5 Å². The van der Waals surface area contributed by atoms with Gasteiger partial charge in [0.05, 0.1) is 0 Å². The molecule has 4 aromatic rings. The van der Waals surface area contributed by atoms with Crippen molar-refractivity contribution in [3.05, 3.63) is 90.2 Å². The van der Waals surface area contributed by atoms with E-state index < -0.39 is 0 Å². The summed E-state index contributed by atoms with van der Waals surface area (Å²) in [6.45, 7) is 0. The minimum atomic E-state index is -0.214. The first kappa shape index (κ1) is 15.8. The summed E-state index contributed by atoms with van der Waals surface area (Å²) in [5.41, 5.74) is 2.86. The van der Waals surface area contributed by atoms with Crippen molar-refractivity contribution < 1.29 is 4.39 Å². The standard InChI is InChI=1S/C21H15FN2S/c22-17-10-6-7-15(13-17)14-25-21-19-12-5-4-11-18(19)20(23-24-21)16-8-2-1-3-9-16/h1-13H,14H2. The topological polar surface area (TPSA) is 25.8 Å². The molecule has 0 N–H and O–H groups in total. The number of halogens is 1. The number of aromatic nitrogens is 2. The van der Waals surface area contributed by atoms with Gasteiger partial charge in [0.2, 0.25) is 0 Å². The van der Waals surface area contributed by atoms with Crippen LogP contribution in [0, 0.1) is 5.82 Å². The predicted molar refractivity (Wildman–Crippen MR) is 101 cm³/mol. The van der Waals surface area contributed by atoms with E-state index >= 15 is 0 Å². The molecular weight excluding hydrogens is 331 g/mol. The Hall–Kier alpha value is -2.72. The van der Waals surface area contributed by atoms with Gasteiger partial charge in [0, 0.05) is 22.1 Å². The Kier molecular flexibility index (Phi) is 4.44. The number of benzene rings is 3. The van der Waals surface area contributed by atoms with Gasteiger partial charge in [-0.3, -0.25) is 0 Å². The predicted octanol–water partition coefficient (Wildman–Crippen LogP) is 5.73. The molecule has 4 heteroatoms. The molecule has 4 rings (SSSR count). The summed E-state index contributed by atoms with van der Waals surface area (Å²) in [5.74, 6) is 0.440. The third-order valence-electron chi connectivity index (χ3n) is 3.97. The Morgan fingerprint density at radius 2 is 1.52 bits per heavy atom. The second-order valence-corrected chi connectivity index (χ2v) is 6.65. The molecule has 0 amide bonds. The van der Waals surface area contributed by atoms with E-state index in [9.17, 15) is 4.39 Å². The average Bonchev–Trinajstić information content (AvgIpc) is 2.67. The number of nitrogens with zero attached hydrogens (tertiary/aromatic N) is 2. The highest BCUT2D eigenvalue weighted by atomic mass is 32.2. The molecule has 25 heavy (non-hydrogen) atoms. The summed E-state index contributed by atoms with van der Waals surface area (Å²) in [6, 6.07) is 24.9. The number of rotatable bonds is 4. The SMILES string of the molecule is Fc1cccc(CSc2nnc(-c3ccccc3)c3ccccc23)c1. The molecular formula is C21H15FN2S. The molecule has 0 radical (unpaired) electrons. The second-order valence-electron chi connectivity index (χ2n) is 5.68. The Morgan fingerprint density at radius 3 is 2.32 bits per heavy atom. The highest BCUT2D eigenvalue weighted by molar-refractivity contribution is 7.98. The van der Waals surface area contributed by atoms with Crippen LogP contribution in [-0.4, -0.2) is 10.2 Å². The van der Waals surface area contributed by atoms with Gasteiger partial charge >= 0.3 is 0 Å². The minimum absolute atomic E-state index is 0.214. The van der Waals surface area contributed by atoms with Crippen molar-refractivity contribution in [1.29, 1.82) is 0 Å². The van der Waals surface area contributed by atoms with Gasteiger partial charge in [-0.2, -0.15) is 0 Å². The van der Waals surface area contributed by atoms with Gasteiger partial charge in [-0.05, 0) is 17.7 Å². The maximum atomic E-state index is 13.3. The van der Waals surface area contributed by atoms with Gasteiger partial charge in [0.15, 0.2) is 0 Å². The van der Waals surface area contributed by atoms with Crippen molar-refractivity contribution in [3.8, 4) is 11.3 Å². The van der Waals surface area contributed by atoms with Crippen LogP contribution in [0.4, 0.5) is 4.39 Å². The van der Waals surface area contributed by atoms with E-state index in [0.717, 1.165) is 32.6 Å². The fourth-order valence-corrected chi connectivity index (χ4v) is 3.69. The van der Waals surface area contributed by atoms with Gasteiger partial charge in [0.25, 0.3) is 0 Å². The van der Waals surface area contributed by atoms with Gasteiger partial charge in [-0.25, -0.2) is 4.39 Å². The first-order valence-corrected chi connectivity index (χ1v) is 8.98. The van der Waals surface area contributed by atoms with Gasteiger partial charge in [0.1, 0.15) is 16.5 Å². The van der Waals surface area contributed by atoms with E-state index in [1.54, 1.807) is 23.9 Å². The van der Waals surface area contributed by atoms with Crippen LogP contribution in [0.5, 0.6) is 0 Å². The molecule has 0 aliphatic carbocycles. The maximum Gasteiger partial charge on any atom is 0.127 e. The Morgan fingerprint density at radius 1 is 0.760 bits per heavy atom. The quantitative estimate of drug-likeness (QED) is 0.441. The second kappa shape index (κ2) is 7.03. The first-order valence-electron chi connectivity index (χ1n) is 7.99. The molecule has 0 fully saturated rings. The molecule has 0 saturated heterocycles. The Labute approximate surface area is 149 Å². The largest absolute Gasteiger partial charge is 0.207 e. The number of fused-ring (bicyclic) bond motifs is 1. The fraction of sp³-hybridized carbons (Fsp3) is 0.0476. The zero-order valence-electron chi connectivity index (χ0n) is 13.4.